The Kier molecular flexibility index (Phi) is 10.9. The Bertz CT molecular complexity index is 3990. The van der Waals surface area contributed by atoms with Crippen LogP contribution in [0.2, 0.25) is 0 Å². The standard InChI is InChI=1S/C70H48N2/c1-5-19-49(20-6-1)54-26-17-27-55(43-54)52-35-39-62(40-36-52)71(63-41-37-53(38-42-63)60-45-58(50-21-7-2-8-22-50)44-59(46-60)51-23-9-3-10-24-51)64-31-18-28-57(47-64)69-65-32-14-13-25-56(65)48-68-70(69)66-33-15-16-34-67(66)72(68)61-29-11-4-12-30-61/h1-48H. The average molecular weight is 917 g/mol. The second kappa shape index (κ2) is 18.4. The molecule has 0 unspecified atom stereocenters. The van der Waals surface area contributed by atoms with E-state index in [1.165, 1.54) is 88.2 Å². The molecule has 0 bridgehead atoms. The van der Waals surface area contributed by atoms with Gasteiger partial charge in [-0.1, -0.05) is 206 Å². The molecule has 0 saturated heterocycles. The molecule has 1 heterocycles. The number of nitrogens with zero attached hydrogens (tertiary/aromatic N) is 2. The number of hydrogen-bond donors (Lipinski definition) is 0. The molecule has 2 nitrogen and oxygen atoms in total. The van der Waals surface area contributed by atoms with E-state index >= 15 is 0 Å². The topological polar surface area (TPSA) is 8.17 Å². The van der Waals surface area contributed by atoms with Crippen LogP contribution in [0, 0.1) is 0 Å². The molecule has 338 valence electrons. The quantitative estimate of drug-likeness (QED) is 0.133. The van der Waals surface area contributed by atoms with Gasteiger partial charge in [0.25, 0.3) is 0 Å². The zero-order valence-corrected chi connectivity index (χ0v) is 39.6. The smallest absolute Gasteiger partial charge is 0.0553 e. The van der Waals surface area contributed by atoms with Gasteiger partial charge < -0.3 is 9.47 Å². The zero-order chi connectivity index (χ0) is 47.8. The van der Waals surface area contributed by atoms with Crippen LogP contribution >= 0.6 is 0 Å². The number of para-hydroxylation sites is 2. The monoisotopic (exact) mass is 916 g/mol. The van der Waals surface area contributed by atoms with Crippen LogP contribution in [0.5, 0.6) is 0 Å². The Hall–Kier alpha value is -9.50. The maximum Gasteiger partial charge on any atom is 0.0553 e. The van der Waals surface area contributed by atoms with E-state index in [1.54, 1.807) is 0 Å². The van der Waals surface area contributed by atoms with Crippen molar-refractivity contribution in [2.24, 2.45) is 0 Å². The van der Waals surface area contributed by atoms with Crippen LogP contribution in [0.15, 0.2) is 291 Å². The van der Waals surface area contributed by atoms with Gasteiger partial charge in [0.2, 0.25) is 0 Å². The summed E-state index contributed by atoms with van der Waals surface area (Å²) in [5.41, 5.74) is 21.0. The zero-order valence-electron chi connectivity index (χ0n) is 39.6. The molecule has 2 heteroatoms. The second-order valence-electron chi connectivity index (χ2n) is 18.5. The molecule has 0 atom stereocenters. The predicted molar refractivity (Wildman–Crippen MR) is 306 cm³/mol. The Morgan fingerprint density at radius 1 is 0.236 bits per heavy atom. The molecule has 1 aromatic heterocycles. The van der Waals surface area contributed by atoms with Crippen molar-refractivity contribution in [3.05, 3.63) is 291 Å². The van der Waals surface area contributed by atoms with Crippen LogP contribution in [0.3, 0.4) is 0 Å². The lowest BCUT2D eigenvalue weighted by Gasteiger charge is -2.27. The lowest BCUT2D eigenvalue weighted by molar-refractivity contribution is 1.18. The molecular weight excluding hydrogens is 869 g/mol. The van der Waals surface area contributed by atoms with Gasteiger partial charge in [-0.05, 0) is 162 Å². The summed E-state index contributed by atoms with van der Waals surface area (Å²) in [6.07, 6.45) is 0. The fourth-order valence-electron chi connectivity index (χ4n) is 10.7. The van der Waals surface area contributed by atoms with Gasteiger partial charge in [-0.2, -0.15) is 0 Å². The van der Waals surface area contributed by atoms with E-state index in [1.807, 2.05) is 0 Å². The summed E-state index contributed by atoms with van der Waals surface area (Å²) in [5.74, 6) is 0. The fraction of sp³-hybridized carbons (Fsp3) is 0. The van der Waals surface area contributed by atoms with Crippen LogP contribution in [-0.4, -0.2) is 4.57 Å². The Morgan fingerprint density at radius 3 is 1.24 bits per heavy atom. The van der Waals surface area contributed by atoms with Crippen molar-refractivity contribution < 1.29 is 0 Å². The molecule has 0 radical (unpaired) electrons. The third-order valence-electron chi connectivity index (χ3n) is 14.1. The Morgan fingerprint density at radius 2 is 0.653 bits per heavy atom. The number of hydrogen-bond acceptors (Lipinski definition) is 1. The number of rotatable bonds is 10. The molecular formula is C70H48N2. The highest BCUT2D eigenvalue weighted by Gasteiger charge is 2.21. The van der Waals surface area contributed by atoms with E-state index < -0.39 is 0 Å². The second-order valence-corrected chi connectivity index (χ2v) is 18.5. The molecule has 0 N–H and O–H groups in total. The molecule has 12 aromatic carbocycles. The van der Waals surface area contributed by atoms with Crippen molar-refractivity contribution in [2.75, 3.05) is 4.90 Å². The molecule has 13 aromatic rings. The van der Waals surface area contributed by atoms with E-state index in [-0.39, 0.29) is 0 Å². The molecule has 13 rings (SSSR count). The third-order valence-corrected chi connectivity index (χ3v) is 14.1. The highest BCUT2D eigenvalue weighted by atomic mass is 15.1. The SMILES string of the molecule is c1ccc(-c2cccc(-c3ccc(N(c4ccc(-c5cc(-c6ccccc6)cc(-c6ccccc6)c5)cc4)c4cccc(-c5c6ccccc6cc6c5c5ccccc5n6-c5ccccc5)c4)cc3)c2)cc1. The summed E-state index contributed by atoms with van der Waals surface area (Å²) in [7, 11) is 0. The highest BCUT2D eigenvalue weighted by Crippen LogP contribution is 2.46. The molecule has 0 aliphatic heterocycles. The molecule has 0 saturated carbocycles. The maximum absolute atomic E-state index is 2.42. The van der Waals surface area contributed by atoms with Gasteiger partial charge in [0, 0.05) is 33.5 Å². The third kappa shape index (κ3) is 7.92. The van der Waals surface area contributed by atoms with Crippen molar-refractivity contribution >= 4 is 49.6 Å². The van der Waals surface area contributed by atoms with Crippen molar-refractivity contribution in [2.45, 2.75) is 0 Å². The van der Waals surface area contributed by atoms with E-state index in [0.29, 0.717) is 0 Å². The van der Waals surface area contributed by atoms with Crippen molar-refractivity contribution in [3.63, 3.8) is 0 Å². The van der Waals surface area contributed by atoms with Gasteiger partial charge >= 0.3 is 0 Å². The number of aromatic nitrogens is 1. The van der Waals surface area contributed by atoms with Gasteiger partial charge in [-0.15, -0.1) is 0 Å². The Labute approximate surface area is 420 Å². The lowest BCUT2D eigenvalue weighted by Crippen LogP contribution is -2.10. The normalized spacial score (nSPS) is 11.3. The minimum absolute atomic E-state index is 1.07. The largest absolute Gasteiger partial charge is 0.310 e. The summed E-state index contributed by atoms with van der Waals surface area (Å²) in [6.45, 7) is 0. The Balaban J connectivity index is 0.968. The molecule has 72 heavy (non-hydrogen) atoms. The number of fused-ring (bicyclic) bond motifs is 4. The van der Waals surface area contributed by atoms with Crippen LogP contribution < -0.4 is 4.90 Å². The van der Waals surface area contributed by atoms with Crippen molar-refractivity contribution in [1.29, 1.82) is 0 Å². The average Bonchev–Trinajstić information content (AvgIpc) is 3.79. The van der Waals surface area contributed by atoms with Crippen molar-refractivity contribution in [3.8, 4) is 72.4 Å². The van der Waals surface area contributed by atoms with E-state index in [9.17, 15) is 0 Å². The summed E-state index contributed by atoms with van der Waals surface area (Å²) >= 11 is 0. The minimum Gasteiger partial charge on any atom is -0.310 e. The van der Waals surface area contributed by atoms with Crippen LogP contribution in [0.4, 0.5) is 17.1 Å². The van der Waals surface area contributed by atoms with Crippen molar-refractivity contribution in [1.82, 2.24) is 4.57 Å². The summed E-state index contributed by atoms with van der Waals surface area (Å²) < 4.78 is 2.42. The van der Waals surface area contributed by atoms with E-state index in [0.717, 1.165) is 33.9 Å². The fourth-order valence-corrected chi connectivity index (χ4v) is 10.7. The van der Waals surface area contributed by atoms with Gasteiger partial charge in [0.15, 0.2) is 0 Å². The first-order valence-corrected chi connectivity index (χ1v) is 24.7. The summed E-state index contributed by atoms with van der Waals surface area (Å²) in [6, 6.07) is 106. The summed E-state index contributed by atoms with van der Waals surface area (Å²) in [5, 5.41) is 4.91. The lowest BCUT2D eigenvalue weighted by atomic mass is 9.92. The molecule has 0 fully saturated rings. The first-order chi connectivity index (χ1) is 35.7. The molecule has 0 aliphatic rings. The number of anilines is 3. The molecule has 0 spiro atoms. The van der Waals surface area contributed by atoms with E-state index in [4.69, 9.17) is 0 Å². The van der Waals surface area contributed by atoms with Crippen LogP contribution in [0.1, 0.15) is 0 Å². The first-order valence-electron chi connectivity index (χ1n) is 24.7. The first kappa shape index (κ1) is 42.6. The van der Waals surface area contributed by atoms with Gasteiger partial charge in [0.1, 0.15) is 0 Å². The van der Waals surface area contributed by atoms with Gasteiger partial charge in [-0.25, -0.2) is 0 Å². The van der Waals surface area contributed by atoms with E-state index in [2.05, 4.69) is 301 Å². The molecule has 0 aliphatic carbocycles. The van der Waals surface area contributed by atoms with Gasteiger partial charge in [-0.3, -0.25) is 0 Å². The number of benzene rings is 12. The summed E-state index contributed by atoms with van der Waals surface area (Å²) in [4.78, 5) is 2.41. The maximum atomic E-state index is 2.42. The minimum atomic E-state index is 1.07. The van der Waals surface area contributed by atoms with Crippen LogP contribution in [0.25, 0.3) is 105 Å². The molecule has 0 amide bonds. The van der Waals surface area contributed by atoms with Crippen LogP contribution in [-0.2, 0) is 0 Å². The van der Waals surface area contributed by atoms with Gasteiger partial charge in [0.05, 0.1) is 11.0 Å². The predicted octanol–water partition coefficient (Wildman–Crippen LogP) is 19.4. The highest BCUT2D eigenvalue weighted by molar-refractivity contribution is 6.23.